The molecule has 1 saturated carbocycles. The van der Waals surface area contributed by atoms with E-state index in [0.717, 1.165) is 18.6 Å². The van der Waals surface area contributed by atoms with Crippen LogP contribution >= 0.6 is 0 Å². The average molecular weight is 286 g/mol. The van der Waals surface area contributed by atoms with Crippen LogP contribution in [0.5, 0.6) is 0 Å². The van der Waals surface area contributed by atoms with Crippen molar-refractivity contribution >= 4 is 11.6 Å². The van der Waals surface area contributed by atoms with Crippen molar-refractivity contribution in [2.75, 3.05) is 0 Å². The van der Waals surface area contributed by atoms with E-state index in [1.54, 1.807) is 0 Å². The van der Waals surface area contributed by atoms with E-state index in [2.05, 4.69) is 38.2 Å². The summed E-state index contributed by atoms with van der Waals surface area (Å²) in [6.07, 6.45) is 4.45. The van der Waals surface area contributed by atoms with Gasteiger partial charge < -0.3 is 0 Å². The summed E-state index contributed by atoms with van der Waals surface area (Å²) in [5.41, 5.74) is 5.81. The van der Waals surface area contributed by atoms with Crippen molar-refractivity contribution in [3.63, 3.8) is 0 Å². The molecule has 1 unspecified atom stereocenters. The third-order valence-corrected chi connectivity index (χ3v) is 4.08. The minimum atomic E-state index is -0.124. The highest BCUT2D eigenvalue weighted by atomic mass is 16.2. The molecule has 1 aliphatic rings. The monoisotopic (exact) mass is 286 g/mol. The summed E-state index contributed by atoms with van der Waals surface area (Å²) < 4.78 is 0. The van der Waals surface area contributed by atoms with Crippen LogP contribution in [-0.4, -0.2) is 11.6 Å². The number of hydrazone groups is 1. The minimum absolute atomic E-state index is 0.105. The van der Waals surface area contributed by atoms with Crippen molar-refractivity contribution in [1.29, 1.82) is 0 Å². The molecular formula is C18H26N2O. The molecule has 1 aromatic carbocycles. The van der Waals surface area contributed by atoms with Gasteiger partial charge in [-0.1, -0.05) is 39.8 Å². The molecule has 1 aliphatic carbocycles. The van der Waals surface area contributed by atoms with Crippen LogP contribution in [0.2, 0.25) is 0 Å². The number of hydrogen-bond donors (Lipinski definition) is 1. The maximum absolute atomic E-state index is 12.1. The molecule has 3 nitrogen and oxygen atoms in total. The summed E-state index contributed by atoms with van der Waals surface area (Å²) in [5, 5.41) is 4.30. The fourth-order valence-corrected chi connectivity index (χ4v) is 2.68. The first-order chi connectivity index (χ1) is 9.86. The van der Waals surface area contributed by atoms with Gasteiger partial charge in [-0.15, -0.1) is 0 Å². The second-order valence-corrected chi connectivity index (χ2v) is 7.15. The molecule has 2 rings (SSSR count). The molecule has 0 spiro atoms. The molecule has 0 aliphatic heterocycles. The number of benzene rings is 1. The normalized spacial score (nSPS) is 21.3. The Bertz CT molecular complexity index is 523. The molecule has 1 amide bonds. The molecule has 0 heterocycles. The van der Waals surface area contributed by atoms with Crippen molar-refractivity contribution in [3.8, 4) is 0 Å². The van der Waals surface area contributed by atoms with E-state index in [1.807, 2.05) is 24.3 Å². The number of rotatable bonds is 2. The van der Waals surface area contributed by atoms with Gasteiger partial charge in [-0.05, 0) is 54.7 Å². The summed E-state index contributed by atoms with van der Waals surface area (Å²) in [5.74, 6) is 0.557. The maximum atomic E-state index is 12.1. The molecular weight excluding hydrogens is 260 g/mol. The Morgan fingerprint density at radius 3 is 2.48 bits per heavy atom. The van der Waals surface area contributed by atoms with Gasteiger partial charge in [-0.2, -0.15) is 5.10 Å². The third kappa shape index (κ3) is 4.42. The van der Waals surface area contributed by atoms with Crippen LogP contribution in [0.1, 0.15) is 69.3 Å². The summed E-state index contributed by atoms with van der Waals surface area (Å²) >= 11 is 0. The molecule has 114 valence electrons. The summed E-state index contributed by atoms with van der Waals surface area (Å²) in [6.45, 7) is 8.73. The van der Waals surface area contributed by atoms with E-state index in [4.69, 9.17) is 0 Å². The summed E-state index contributed by atoms with van der Waals surface area (Å²) in [6, 6.07) is 7.79. The molecule has 1 N–H and O–H groups in total. The van der Waals surface area contributed by atoms with Crippen LogP contribution in [0.15, 0.2) is 29.4 Å². The van der Waals surface area contributed by atoms with E-state index in [1.165, 1.54) is 18.4 Å². The number of nitrogens with zero attached hydrogens (tertiary/aromatic N) is 1. The standard InChI is InChI=1S/C18H26N2O/c1-13-6-5-7-16(12-13)19-20-17(21)14-8-10-15(11-9-14)18(2,3)4/h8-11,13H,5-7,12H2,1-4H3,(H,20,21). The van der Waals surface area contributed by atoms with Gasteiger partial charge in [0.25, 0.3) is 5.91 Å². The number of hydrogen-bond acceptors (Lipinski definition) is 2. The quantitative estimate of drug-likeness (QED) is 0.810. The molecule has 1 atom stereocenters. The molecule has 0 radical (unpaired) electrons. The SMILES string of the molecule is CC1CCCC(=NNC(=O)c2ccc(C(C)(C)C)cc2)C1. The molecule has 1 aromatic rings. The predicted molar refractivity (Wildman–Crippen MR) is 87.7 cm³/mol. The van der Waals surface area contributed by atoms with Crippen molar-refractivity contribution in [2.24, 2.45) is 11.0 Å². The molecule has 0 saturated heterocycles. The Morgan fingerprint density at radius 1 is 1.24 bits per heavy atom. The van der Waals surface area contributed by atoms with Crippen LogP contribution in [0.3, 0.4) is 0 Å². The van der Waals surface area contributed by atoms with E-state index in [0.29, 0.717) is 11.5 Å². The number of amides is 1. The second-order valence-electron chi connectivity index (χ2n) is 7.15. The molecule has 21 heavy (non-hydrogen) atoms. The van der Waals surface area contributed by atoms with Gasteiger partial charge in [0, 0.05) is 11.3 Å². The Morgan fingerprint density at radius 2 is 1.90 bits per heavy atom. The van der Waals surface area contributed by atoms with Gasteiger partial charge in [-0.3, -0.25) is 4.79 Å². The van der Waals surface area contributed by atoms with Crippen LogP contribution in [-0.2, 0) is 5.41 Å². The molecule has 1 fully saturated rings. The highest BCUT2D eigenvalue weighted by molar-refractivity contribution is 5.95. The van der Waals surface area contributed by atoms with Crippen molar-refractivity contribution in [3.05, 3.63) is 35.4 Å². The fraction of sp³-hybridized carbons (Fsp3) is 0.556. The van der Waals surface area contributed by atoms with Gasteiger partial charge in [0.1, 0.15) is 0 Å². The van der Waals surface area contributed by atoms with E-state index < -0.39 is 0 Å². The van der Waals surface area contributed by atoms with Crippen molar-refractivity contribution in [1.82, 2.24) is 5.43 Å². The minimum Gasteiger partial charge on any atom is -0.267 e. The lowest BCUT2D eigenvalue weighted by Crippen LogP contribution is -2.22. The Labute approximate surface area is 127 Å². The largest absolute Gasteiger partial charge is 0.271 e. The van der Waals surface area contributed by atoms with Crippen molar-refractivity contribution in [2.45, 2.75) is 58.8 Å². The van der Waals surface area contributed by atoms with Gasteiger partial charge >= 0.3 is 0 Å². The van der Waals surface area contributed by atoms with Gasteiger partial charge in [0.15, 0.2) is 0 Å². The zero-order valence-corrected chi connectivity index (χ0v) is 13.6. The topological polar surface area (TPSA) is 41.5 Å². The first-order valence-corrected chi connectivity index (χ1v) is 7.82. The third-order valence-electron chi connectivity index (χ3n) is 4.08. The van der Waals surface area contributed by atoms with Gasteiger partial charge in [0.2, 0.25) is 0 Å². The molecule has 3 heteroatoms. The second kappa shape index (κ2) is 6.42. The van der Waals surface area contributed by atoms with E-state index in [-0.39, 0.29) is 11.3 Å². The first-order valence-electron chi connectivity index (χ1n) is 7.82. The van der Waals surface area contributed by atoms with Crippen LogP contribution in [0.25, 0.3) is 0 Å². The zero-order valence-electron chi connectivity index (χ0n) is 13.6. The van der Waals surface area contributed by atoms with Gasteiger partial charge in [-0.25, -0.2) is 5.43 Å². The Balaban J connectivity index is 1.99. The highest BCUT2D eigenvalue weighted by Gasteiger charge is 2.16. The van der Waals surface area contributed by atoms with E-state index in [9.17, 15) is 4.79 Å². The molecule has 0 bridgehead atoms. The summed E-state index contributed by atoms with van der Waals surface area (Å²) in [7, 11) is 0. The smallest absolute Gasteiger partial charge is 0.267 e. The predicted octanol–water partition coefficient (Wildman–Crippen LogP) is 4.28. The first kappa shape index (κ1) is 15.7. The lowest BCUT2D eigenvalue weighted by atomic mass is 9.87. The van der Waals surface area contributed by atoms with E-state index >= 15 is 0 Å². The summed E-state index contributed by atoms with van der Waals surface area (Å²) in [4.78, 5) is 12.1. The van der Waals surface area contributed by atoms with Crippen molar-refractivity contribution < 1.29 is 4.79 Å². The lowest BCUT2D eigenvalue weighted by Gasteiger charge is -2.19. The number of nitrogens with one attached hydrogen (secondary N) is 1. The lowest BCUT2D eigenvalue weighted by molar-refractivity contribution is 0.0954. The maximum Gasteiger partial charge on any atom is 0.271 e. The zero-order chi connectivity index (χ0) is 15.5. The van der Waals surface area contributed by atoms with Crippen LogP contribution in [0, 0.1) is 5.92 Å². The Hall–Kier alpha value is -1.64. The van der Waals surface area contributed by atoms with Crippen LogP contribution in [0.4, 0.5) is 0 Å². The van der Waals surface area contributed by atoms with Crippen LogP contribution < -0.4 is 5.43 Å². The highest BCUT2D eigenvalue weighted by Crippen LogP contribution is 2.22. The molecule has 0 aromatic heterocycles. The number of carbonyl (C=O) groups excluding carboxylic acids is 1. The number of carbonyl (C=O) groups is 1. The Kier molecular flexibility index (Phi) is 4.81. The fourth-order valence-electron chi connectivity index (χ4n) is 2.68. The van der Waals surface area contributed by atoms with Gasteiger partial charge in [0.05, 0.1) is 0 Å². The average Bonchev–Trinajstić information content (AvgIpc) is 2.44.